The molecule has 202 valence electrons. The van der Waals surface area contributed by atoms with Crippen LogP contribution >= 0.6 is 0 Å². The largest absolute Gasteiger partial charge is 0.353 e. The van der Waals surface area contributed by atoms with Crippen LogP contribution in [0.4, 0.5) is 18.9 Å². The monoisotopic (exact) mass is 538 g/mol. The third-order valence-corrected chi connectivity index (χ3v) is 7.55. The van der Waals surface area contributed by atoms with Crippen molar-refractivity contribution in [2.24, 2.45) is 5.41 Å². The van der Waals surface area contributed by atoms with Crippen LogP contribution in [0.15, 0.2) is 48.5 Å². The van der Waals surface area contributed by atoms with E-state index in [1.165, 1.54) is 12.1 Å². The van der Waals surface area contributed by atoms with Gasteiger partial charge in [0, 0.05) is 30.8 Å². The number of hydrogen-bond acceptors (Lipinski definition) is 5. The first-order valence-corrected chi connectivity index (χ1v) is 12.5. The van der Waals surface area contributed by atoms with E-state index in [9.17, 15) is 32.9 Å². The Kier molecular flexibility index (Phi) is 6.83. The van der Waals surface area contributed by atoms with Crippen molar-refractivity contribution in [3.8, 4) is 11.3 Å². The van der Waals surface area contributed by atoms with Crippen molar-refractivity contribution in [1.29, 1.82) is 0 Å². The van der Waals surface area contributed by atoms with Gasteiger partial charge in [0.1, 0.15) is 28.8 Å². The van der Waals surface area contributed by atoms with E-state index in [0.717, 1.165) is 24.3 Å². The highest BCUT2D eigenvalue weighted by Crippen LogP contribution is 2.48. The van der Waals surface area contributed by atoms with E-state index in [4.69, 9.17) is 0 Å². The summed E-state index contributed by atoms with van der Waals surface area (Å²) in [5.41, 5.74) is -0.412. The van der Waals surface area contributed by atoms with Gasteiger partial charge in [0.15, 0.2) is 0 Å². The number of pyridine rings is 1. The van der Waals surface area contributed by atoms with Gasteiger partial charge in [-0.1, -0.05) is 18.2 Å². The first-order chi connectivity index (χ1) is 18.5. The van der Waals surface area contributed by atoms with Gasteiger partial charge in [-0.3, -0.25) is 19.7 Å². The molecule has 5 rings (SSSR count). The number of halogens is 3. The fourth-order valence-corrected chi connectivity index (χ4v) is 5.58. The summed E-state index contributed by atoms with van der Waals surface area (Å²) in [6.45, 7) is 2.50. The van der Waals surface area contributed by atoms with Crippen LogP contribution in [0.3, 0.4) is 0 Å². The van der Waals surface area contributed by atoms with Crippen molar-refractivity contribution in [3.63, 3.8) is 0 Å². The van der Waals surface area contributed by atoms with Gasteiger partial charge >= 0.3 is 0 Å². The van der Waals surface area contributed by atoms with Crippen LogP contribution in [0.1, 0.15) is 40.9 Å². The van der Waals surface area contributed by atoms with Crippen LogP contribution in [0.2, 0.25) is 0 Å². The number of nitrogens with zero attached hydrogens (tertiary/aromatic N) is 3. The summed E-state index contributed by atoms with van der Waals surface area (Å²) in [5.74, 6) is -3.59. The summed E-state index contributed by atoms with van der Waals surface area (Å²) in [5, 5.41) is 14.1. The fraction of sp³-hybridized carbons (Fsp3) is 0.321. The standard InChI is InChI=1S/C28H25F3N4O4/c1-16-5-6-17(11-23(16)35(38)39)12-24(36)32-18-13-28(14-18)9-10-34(15-28)27(37)22-8-7-21(31)26(33-22)25-19(29)3-2-4-20(25)30/h2-8,11,18H,9-10,12-15H2,1H3,(H,32,36). The van der Waals surface area contributed by atoms with Gasteiger partial charge < -0.3 is 10.2 Å². The topological polar surface area (TPSA) is 105 Å². The van der Waals surface area contributed by atoms with Crippen molar-refractivity contribution in [2.75, 3.05) is 13.1 Å². The number of nitro groups is 1. The first kappa shape index (κ1) is 26.3. The normalized spacial score (nSPS) is 20.1. The summed E-state index contributed by atoms with van der Waals surface area (Å²) in [4.78, 5) is 41.9. The maximum atomic E-state index is 14.4. The molecular weight excluding hydrogens is 513 g/mol. The molecule has 0 unspecified atom stereocenters. The zero-order valence-corrected chi connectivity index (χ0v) is 21.0. The SMILES string of the molecule is Cc1ccc(CC(=O)NC2CC3(CCN(C(=O)c4ccc(F)c(-c5c(F)cccc5F)n4)C3)C2)cc1[N+](=O)[O-]. The van der Waals surface area contributed by atoms with E-state index >= 15 is 0 Å². The summed E-state index contributed by atoms with van der Waals surface area (Å²) in [6, 6.07) is 9.97. The Morgan fingerprint density at radius 1 is 1.10 bits per heavy atom. The highest BCUT2D eigenvalue weighted by Gasteiger charge is 2.50. The molecule has 2 aliphatic rings. The van der Waals surface area contributed by atoms with E-state index in [-0.39, 0.29) is 35.2 Å². The molecular formula is C28H25F3N4O4. The highest BCUT2D eigenvalue weighted by molar-refractivity contribution is 5.93. The Morgan fingerprint density at radius 3 is 2.51 bits per heavy atom. The molecule has 8 nitrogen and oxygen atoms in total. The third kappa shape index (κ3) is 5.21. The number of rotatable bonds is 6. The molecule has 1 aromatic heterocycles. The average molecular weight is 539 g/mol. The quantitative estimate of drug-likeness (QED) is 0.361. The van der Waals surface area contributed by atoms with Crippen LogP contribution < -0.4 is 5.32 Å². The lowest BCUT2D eigenvalue weighted by atomic mass is 9.65. The van der Waals surface area contributed by atoms with E-state index in [0.29, 0.717) is 43.5 Å². The molecule has 0 atom stereocenters. The predicted molar refractivity (Wildman–Crippen MR) is 135 cm³/mol. The van der Waals surface area contributed by atoms with Gasteiger partial charge in [0.25, 0.3) is 11.6 Å². The Morgan fingerprint density at radius 2 is 1.82 bits per heavy atom. The van der Waals surface area contributed by atoms with Gasteiger partial charge in [0.2, 0.25) is 5.91 Å². The van der Waals surface area contributed by atoms with Gasteiger partial charge in [0.05, 0.1) is 16.9 Å². The number of aryl methyl sites for hydroxylation is 1. The van der Waals surface area contributed by atoms with Gasteiger partial charge in [-0.25, -0.2) is 18.2 Å². The van der Waals surface area contributed by atoms with Crippen LogP contribution in [0.5, 0.6) is 0 Å². The number of benzene rings is 2. The molecule has 11 heteroatoms. The minimum atomic E-state index is -0.978. The van der Waals surface area contributed by atoms with E-state index in [2.05, 4.69) is 10.3 Å². The molecule has 2 amide bonds. The van der Waals surface area contributed by atoms with Crippen LogP contribution in [0, 0.1) is 39.9 Å². The second kappa shape index (κ2) is 10.1. The Hall–Kier alpha value is -4.28. The lowest BCUT2D eigenvalue weighted by Crippen LogP contribution is -2.52. The number of hydrogen-bond donors (Lipinski definition) is 1. The molecule has 39 heavy (non-hydrogen) atoms. The molecule has 1 aliphatic carbocycles. The number of carbonyl (C=O) groups excluding carboxylic acids is 2. The number of nitro benzene ring substituents is 1. The highest BCUT2D eigenvalue weighted by atomic mass is 19.1. The maximum absolute atomic E-state index is 14.4. The third-order valence-electron chi connectivity index (χ3n) is 7.55. The minimum Gasteiger partial charge on any atom is -0.353 e. The molecule has 1 saturated carbocycles. The first-order valence-electron chi connectivity index (χ1n) is 12.5. The average Bonchev–Trinajstić information content (AvgIpc) is 3.31. The molecule has 0 bridgehead atoms. The van der Waals surface area contributed by atoms with Crippen molar-refractivity contribution >= 4 is 17.5 Å². The van der Waals surface area contributed by atoms with E-state index < -0.39 is 39.5 Å². The Labute approximate surface area is 222 Å². The van der Waals surface area contributed by atoms with Gasteiger partial charge in [-0.2, -0.15) is 0 Å². The number of aromatic nitrogens is 1. The molecule has 1 spiro atoms. The summed E-state index contributed by atoms with van der Waals surface area (Å²) in [6.07, 6.45) is 2.07. The second-order valence-corrected chi connectivity index (χ2v) is 10.3. The van der Waals surface area contributed by atoms with E-state index in [1.807, 2.05) is 0 Å². The van der Waals surface area contributed by atoms with Crippen molar-refractivity contribution < 1.29 is 27.7 Å². The van der Waals surface area contributed by atoms with Crippen molar-refractivity contribution in [2.45, 2.75) is 38.6 Å². The van der Waals surface area contributed by atoms with Crippen LogP contribution in [-0.4, -0.2) is 45.8 Å². The van der Waals surface area contributed by atoms with Crippen molar-refractivity contribution in [1.82, 2.24) is 15.2 Å². The van der Waals surface area contributed by atoms with Crippen molar-refractivity contribution in [3.05, 3.63) is 92.9 Å². The summed E-state index contributed by atoms with van der Waals surface area (Å²) < 4.78 is 42.9. The lowest BCUT2D eigenvalue weighted by molar-refractivity contribution is -0.385. The van der Waals surface area contributed by atoms with Gasteiger partial charge in [-0.05, 0) is 61.4 Å². The molecule has 0 radical (unpaired) electrons. The number of likely N-dealkylation sites (tertiary alicyclic amines) is 1. The number of carbonyl (C=O) groups is 2. The molecule has 2 aromatic carbocycles. The molecule has 2 fully saturated rings. The van der Waals surface area contributed by atoms with Crippen LogP contribution in [-0.2, 0) is 11.2 Å². The minimum absolute atomic E-state index is 0.0242. The fourth-order valence-electron chi connectivity index (χ4n) is 5.58. The molecule has 2 heterocycles. The lowest BCUT2D eigenvalue weighted by Gasteiger charge is -2.45. The number of nitrogens with one attached hydrogen (secondary N) is 1. The Bertz CT molecular complexity index is 1470. The molecule has 1 saturated heterocycles. The van der Waals surface area contributed by atoms with E-state index in [1.54, 1.807) is 24.0 Å². The predicted octanol–water partition coefficient (Wildman–Crippen LogP) is 4.74. The molecule has 1 N–H and O–H groups in total. The molecule has 3 aromatic rings. The zero-order chi connectivity index (χ0) is 27.9. The van der Waals surface area contributed by atoms with Crippen LogP contribution in [0.25, 0.3) is 11.3 Å². The zero-order valence-electron chi connectivity index (χ0n) is 21.0. The van der Waals surface area contributed by atoms with Gasteiger partial charge in [-0.15, -0.1) is 0 Å². The Balaban J connectivity index is 1.19. The molecule has 1 aliphatic heterocycles. The smallest absolute Gasteiger partial charge is 0.272 e. The number of amides is 2. The summed E-state index contributed by atoms with van der Waals surface area (Å²) in [7, 11) is 0. The maximum Gasteiger partial charge on any atom is 0.272 e. The second-order valence-electron chi connectivity index (χ2n) is 10.3. The summed E-state index contributed by atoms with van der Waals surface area (Å²) >= 11 is 0.